The molecule has 1 aromatic heterocycles. The highest BCUT2D eigenvalue weighted by molar-refractivity contribution is 6.30. The Morgan fingerprint density at radius 3 is 2.27 bits per heavy atom. The van der Waals surface area contributed by atoms with Crippen molar-refractivity contribution < 1.29 is 14.3 Å². The monoisotopic (exact) mass is 509 g/mol. The van der Waals surface area contributed by atoms with Gasteiger partial charge in [-0.1, -0.05) is 30.7 Å². The molecule has 7 heteroatoms. The second-order valence-corrected chi connectivity index (χ2v) is 8.77. The highest BCUT2D eigenvalue weighted by Gasteiger charge is 2.13. The van der Waals surface area contributed by atoms with Crippen molar-refractivity contribution in [3.05, 3.63) is 108 Å². The Hall–Kier alpha value is -4.42. The lowest BCUT2D eigenvalue weighted by Crippen LogP contribution is -2.11. The molecule has 5 aromatic rings. The molecular formula is C30H24ClN3O3. The Bertz CT molecular complexity index is 1520. The van der Waals surface area contributed by atoms with Crippen molar-refractivity contribution in [3.8, 4) is 28.8 Å². The summed E-state index contributed by atoms with van der Waals surface area (Å²) in [7, 11) is 0. The zero-order valence-corrected chi connectivity index (χ0v) is 20.9. The van der Waals surface area contributed by atoms with E-state index in [4.69, 9.17) is 31.0 Å². The van der Waals surface area contributed by atoms with Crippen LogP contribution in [-0.2, 0) is 0 Å². The minimum Gasteiger partial charge on any atom is -0.494 e. The van der Waals surface area contributed by atoms with Gasteiger partial charge in [-0.3, -0.25) is 4.79 Å². The standard InChI is InChI=1S/C30H24ClN3O3/c1-2-19-36-24-15-7-20(8-16-24)28-33-27-6-4-3-5-26(27)30(34-28)37-25-17-9-21(10-18-25)29(35)32-23-13-11-22(31)12-14-23/h3-18H,2,19H2,1H3,(H,32,35). The van der Waals surface area contributed by atoms with E-state index in [0.29, 0.717) is 40.3 Å². The van der Waals surface area contributed by atoms with Gasteiger partial charge in [-0.25, -0.2) is 4.98 Å². The number of nitrogens with one attached hydrogen (secondary N) is 1. The number of anilines is 1. The Morgan fingerprint density at radius 2 is 1.54 bits per heavy atom. The molecule has 0 unspecified atom stereocenters. The van der Waals surface area contributed by atoms with Crippen molar-refractivity contribution in [2.24, 2.45) is 0 Å². The number of hydrogen-bond donors (Lipinski definition) is 1. The van der Waals surface area contributed by atoms with E-state index >= 15 is 0 Å². The number of amides is 1. The van der Waals surface area contributed by atoms with Crippen LogP contribution in [0.1, 0.15) is 23.7 Å². The first-order chi connectivity index (χ1) is 18.1. The first-order valence-corrected chi connectivity index (χ1v) is 12.3. The molecule has 0 aliphatic heterocycles. The lowest BCUT2D eigenvalue weighted by atomic mass is 10.1. The van der Waals surface area contributed by atoms with E-state index in [-0.39, 0.29) is 5.91 Å². The number of benzene rings is 4. The number of nitrogens with zero attached hydrogens (tertiary/aromatic N) is 2. The van der Waals surface area contributed by atoms with Crippen LogP contribution in [0.2, 0.25) is 5.02 Å². The molecular weight excluding hydrogens is 486 g/mol. The summed E-state index contributed by atoms with van der Waals surface area (Å²) in [5, 5.41) is 4.25. The molecule has 0 saturated heterocycles. The summed E-state index contributed by atoms with van der Waals surface area (Å²) in [6.07, 6.45) is 0.949. The van der Waals surface area contributed by atoms with E-state index in [2.05, 4.69) is 12.2 Å². The van der Waals surface area contributed by atoms with Crippen LogP contribution >= 0.6 is 11.6 Å². The van der Waals surface area contributed by atoms with Gasteiger partial charge in [0.15, 0.2) is 5.82 Å². The summed E-state index contributed by atoms with van der Waals surface area (Å²) >= 11 is 5.91. The molecule has 1 N–H and O–H groups in total. The maximum absolute atomic E-state index is 12.6. The topological polar surface area (TPSA) is 73.3 Å². The fourth-order valence-electron chi connectivity index (χ4n) is 3.70. The Labute approximate surface area is 219 Å². The minimum absolute atomic E-state index is 0.227. The van der Waals surface area contributed by atoms with Gasteiger partial charge in [-0.15, -0.1) is 0 Å². The van der Waals surface area contributed by atoms with Crippen molar-refractivity contribution in [2.45, 2.75) is 13.3 Å². The van der Waals surface area contributed by atoms with E-state index in [1.165, 1.54) is 0 Å². The fraction of sp³-hybridized carbons (Fsp3) is 0.100. The minimum atomic E-state index is -0.227. The number of carbonyl (C=O) groups excluding carboxylic acids is 1. The molecule has 5 rings (SSSR count). The third kappa shape index (κ3) is 5.88. The number of ether oxygens (including phenoxy) is 2. The number of halogens is 1. The number of hydrogen-bond acceptors (Lipinski definition) is 5. The second kappa shape index (κ2) is 11.1. The van der Waals surface area contributed by atoms with E-state index < -0.39 is 0 Å². The van der Waals surface area contributed by atoms with Gasteiger partial charge in [0.05, 0.1) is 17.5 Å². The fourth-order valence-corrected chi connectivity index (χ4v) is 3.82. The molecule has 0 bridgehead atoms. The molecule has 6 nitrogen and oxygen atoms in total. The summed E-state index contributed by atoms with van der Waals surface area (Å²) in [6, 6.07) is 29.3. The van der Waals surface area contributed by atoms with Gasteiger partial charge in [-0.05, 0) is 91.3 Å². The first-order valence-electron chi connectivity index (χ1n) is 11.9. The van der Waals surface area contributed by atoms with Crippen molar-refractivity contribution in [1.29, 1.82) is 0 Å². The largest absolute Gasteiger partial charge is 0.494 e. The van der Waals surface area contributed by atoms with E-state index in [1.807, 2.05) is 48.5 Å². The molecule has 0 saturated carbocycles. The normalized spacial score (nSPS) is 10.8. The summed E-state index contributed by atoms with van der Waals surface area (Å²) in [6.45, 7) is 2.74. The van der Waals surface area contributed by atoms with Crippen LogP contribution in [0, 0.1) is 0 Å². The zero-order valence-electron chi connectivity index (χ0n) is 20.1. The number of rotatable bonds is 8. The van der Waals surface area contributed by atoms with Crippen molar-refractivity contribution in [3.63, 3.8) is 0 Å². The molecule has 4 aromatic carbocycles. The molecule has 184 valence electrons. The molecule has 0 aliphatic rings. The molecule has 0 radical (unpaired) electrons. The van der Waals surface area contributed by atoms with Crippen LogP contribution in [-0.4, -0.2) is 22.5 Å². The number of fused-ring (bicyclic) bond motifs is 1. The van der Waals surface area contributed by atoms with Gasteiger partial charge in [0.1, 0.15) is 11.5 Å². The summed E-state index contributed by atoms with van der Waals surface area (Å²) in [5.41, 5.74) is 2.79. The maximum atomic E-state index is 12.6. The quantitative estimate of drug-likeness (QED) is 0.231. The number of aromatic nitrogens is 2. The van der Waals surface area contributed by atoms with E-state index in [0.717, 1.165) is 28.6 Å². The number of para-hydroxylation sites is 1. The van der Waals surface area contributed by atoms with Crippen LogP contribution in [0.25, 0.3) is 22.3 Å². The van der Waals surface area contributed by atoms with Crippen LogP contribution in [0.4, 0.5) is 5.69 Å². The van der Waals surface area contributed by atoms with Crippen LogP contribution in [0.5, 0.6) is 17.4 Å². The second-order valence-electron chi connectivity index (χ2n) is 8.33. The summed E-state index contributed by atoms with van der Waals surface area (Å²) in [5.74, 6) is 2.12. The third-order valence-electron chi connectivity index (χ3n) is 5.59. The van der Waals surface area contributed by atoms with Crippen molar-refractivity contribution in [2.75, 3.05) is 11.9 Å². The Balaban J connectivity index is 1.37. The molecule has 0 aliphatic carbocycles. The van der Waals surface area contributed by atoms with Crippen LogP contribution < -0.4 is 14.8 Å². The van der Waals surface area contributed by atoms with Gasteiger partial charge >= 0.3 is 0 Å². The average molecular weight is 510 g/mol. The third-order valence-corrected chi connectivity index (χ3v) is 5.84. The Morgan fingerprint density at radius 1 is 0.838 bits per heavy atom. The van der Waals surface area contributed by atoms with Crippen molar-refractivity contribution >= 4 is 34.1 Å². The number of carbonyl (C=O) groups is 1. The predicted molar refractivity (Wildman–Crippen MR) is 147 cm³/mol. The van der Waals surface area contributed by atoms with Gasteiger partial charge in [0.25, 0.3) is 5.91 Å². The zero-order chi connectivity index (χ0) is 25.6. The summed E-state index contributed by atoms with van der Waals surface area (Å²) < 4.78 is 11.9. The SMILES string of the molecule is CCCOc1ccc(-c2nc(Oc3ccc(C(=O)Nc4ccc(Cl)cc4)cc3)c3ccccc3n2)cc1. The first kappa shape index (κ1) is 24.3. The predicted octanol–water partition coefficient (Wildman–Crippen LogP) is 7.78. The van der Waals surface area contributed by atoms with Crippen LogP contribution in [0.15, 0.2) is 97.1 Å². The molecule has 0 atom stereocenters. The van der Waals surface area contributed by atoms with E-state index in [9.17, 15) is 4.79 Å². The highest BCUT2D eigenvalue weighted by atomic mass is 35.5. The van der Waals surface area contributed by atoms with Crippen LogP contribution in [0.3, 0.4) is 0 Å². The summed E-state index contributed by atoms with van der Waals surface area (Å²) in [4.78, 5) is 22.1. The smallest absolute Gasteiger partial charge is 0.255 e. The lowest BCUT2D eigenvalue weighted by Gasteiger charge is -2.11. The van der Waals surface area contributed by atoms with Gasteiger partial charge in [0, 0.05) is 21.8 Å². The molecule has 1 heterocycles. The Kier molecular flexibility index (Phi) is 7.28. The average Bonchev–Trinajstić information content (AvgIpc) is 2.94. The van der Waals surface area contributed by atoms with Gasteiger partial charge in [0.2, 0.25) is 5.88 Å². The maximum Gasteiger partial charge on any atom is 0.255 e. The lowest BCUT2D eigenvalue weighted by molar-refractivity contribution is 0.102. The molecule has 0 fully saturated rings. The molecule has 1 amide bonds. The highest BCUT2D eigenvalue weighted by Crippen LogP contribution is 2.31. The molecule has 0 spiro atoms. The molecule has 37 heavy (non-hydrogen) atoms. The van der Waals surface area contributed by atoms with Gasteiger partial charge < -0.3 is 14.8 Å². The van der Waals surface area contributed by atoms with Crippen molar-refractivity contribution in [1.82, 2.24) is 9.97 Å². The van der Waals surface area contributed by atoms with E-state index in [1.54, 1.807) is 48.5 Å². The van der Waals surface area contributed by atoms with Gasteiger partial charge in [-0.2, -0.15) is 4.98 Å².